The van der Waals surface area contributed by atoms with Crippen LogP contribution in [0.4, 0.5) is 15.9 Å². The first-order valence-electron chi connectivity index (χ1n) is 12.8. The van der Waals surface area contributed by atoms with Crippen LogP contribution in [0.15, 0.2) is 67.1 Å². The molecule has 1 aliphatic heterocycles. The molecule has 2 aromatic carbocycles. The van der Waals surface area contributed by atoms with E-state index in [1.807, 2.05) is 12.3 Å². The molecular weight excluding hydrogens is 561 g/mol. The van der Waals surface area contributed by atoms with Crippen LogP contribution in [0.1, 0.15) is 5.82 Å². The number of likely N-dealkylation sites (tertiary alicyclic amines) is 1. The molecule has 1 saturated heterocycles. The molecule has 13 heteroatoms. The molecule has 212 valence electrons. The smallest absolute Gasteiger partial charge is 0.279 e. The fourth-order valence-electron chi connectivity index (χ4n) is 4.27. The first-order valence-corrected chi connectivity index (χ1v) is 13.7. The molecule has 4 heterocycles. The number of carbonyl (C=O) groups is 1. The van der Waals surface area contributed by atoms with Gasteiger partial charge >= 0.3 is 0 Å². The summed E-state index contributed by atoms with van der Waals surface area (Å²) in [5.41, 5.74) is 2.20. The minimum Gasteiger partial charge on any atom is -0.493 e. The lowest BCUT2D eigenvalue weighted by atomic mass is 10.1. The van der Waals surface area contributed by atoms with Crippen molar-refractivity contribution < 1.29 is 23.4 Å². The van der Waals surface area contributed by atoms with Gasteiger partial charge in [-0.15, -0.1) is 0 Å². The molecule has 3 aromatic heterocycles. The van der Waals surface area contributed by atoms with E-state index in [-0.39, 0.29) is 23.4 Å². The highest BCUT2D eigenvalue weighted by atomic mass is 32.1. The predicted molar refractivity (Wildman–Crippen MR) is 155 cm³/mol. The lowest BCUT2D eigenvalue weighted by Gasteiger charge is -2.38. The average molecular weight is 586 g/mol. The van der Waals surface area contributed by atoms with Gasteiger partial charge in [0.25, 0.3) is 5.19 Å². The summed E-state index contributed by atoms with van der Waals surface area (Å²) in [5.74, 6) is 1.58. The lowest BCUT2D eigenvalue weighted by molar-refractivity contribution is -0.134. The molecule has 1 N–H and O–H groups in total. The van der Waals surface area contributed by atoms with Crippen molar-refractivity contribution in [3.63, 3.8) is 0 Å². The monoisotopic (exact) mass is 585 g/mol. The van der Waals surface area contributed by atoms with E-state index in [9.17, 15) is 4.79 Å². The van der Waals surface area contributed by atoms with Gasteiger partial charge in [0.15, 0.2) is 11.5 Å². The Kier molecular flexibility index (Phi) is 7.32. The van der Waals surface area contributed by atoms with E-state index in [0.717, 1.165) is 5.56 Å². The largest absolute Gasteiger partial charge is 0.493 e. The van der Waals surface area contributed by atoms with Crippen molar-refractivity contribution in [3.05, 3.63) is 78.7 Å². The number of fused-ring (bicyclic) bond motifs is 1. The van der Waals surface area contributed by atoms with Gasteiger partial charge in [-0.2, -0.15) is 0 Å². The number of anilines is 2. The van der Waals surface area contributed by atoms with Crippen LogP contribution in [-0.4, -0.2) is 62.0 Å². The van der Waals surface area contributed by atoms with Crippen molar-refractivity contribution in [2.24, 2.45) is 0 Å². The standard InChI is InChI=1S/C29H24FN7O4S/c1-4-27(38)37-12-19(13-37)40-26-8-20-23(9-25(26)39-3)33-15-34-28(20)35-22-6-5-18(7-21(22)30)41-29-36-24(14-42-29)17-10-31-16(2)32-11-17/h4-11,14-15,19H,1,12-13H2,2-3H3,(H,33,34,35). The number of aryl methyl sites for hydroxylation is 1. The number of thiazole rings is 1. The number of carbonyl (C=O) groups excluding carboxylic acids is 1. The second kappa shape index (κ2) is 11.4. The van der Waals surface area contributed by atoms with Crippen LogP contribution < -0.4 is 19.5 Å². The van der Waals surface area contributed by atoms with E-state index < -0.39 is 5.82 Å². The molecule has 0 unspecified atom stereocenters. The third kappa shape index (κ3) is 5.54. The number of benzene rings is 2. The van der Waals surface area contributed by atoms with Crippen molar-refractivity contribution >= 4 is 39.7 Å². The Balaban J connectivity index is 1.19. The summed E-state index contributed by atoms with van der Waals surface area (Å²) in [6.45, 7) is 6.19. The van der Waals surface area contributed by atoms with Gasteiger partial charge in [-0.05, 0) is 31.2 Å². The van der Waals surface area contributed by atoms with Gasteiger partial charge in [-0.1, -0.05) is 17.9 Å². The summed E-state index contributed by atoms with van der Waals surface area (Å²) in [5, 5.41) is 5.82. The Morgan fingerprint density at radius 1 is 1.14 bits per heavy atom. The van der Waals surface area contributed by atoms with E-state index >= 15 is 4.39 Å². The molecule has 5 aromatic rings. The SMILES string of the molecule is C=CC(=O)N1CC(Oc2cc3c(Nc4ccc(Oc5nc(-c6cnc(C)nc6)cs5)cc4F)ncnc3cc2OC)C1. The second-order valence-corrected chi connectivity index (χ2v) is 10.1. The molecule has 0 spiro atoms. The van der Waals surface area contributed by atoms with Crippen LogP contribution in [0.25, 0.3) is 22.2 Å². The van der Waals surface area contributed by atoms with Crippen LogP contribution in [-0.2, 0) is 4.79 Å². The molecule has 11 nitrogen and oxygen atoms in total. The molecule has 1 aliphatic rings. The molecule has 0 radical (unpaired) electrons. The molecule has 1 fully saturated rings. The molecule has 6 rings (SSSR count). The number of nitrogens with zero attached hydrogens (tertiary/aromatic N) is 6. The number of ether oxygens (including phenoxy) is 3. The van der Waals surface area contributed by atoms with Crippen LogP contribution in [0.3, 0.4) is 0 Å². The van der Waals surface area contributed by atoms with E-state index in [4.69, 9.17) is 14.2 Å². The van der Waals surface area contributed by atoms with E-state index in [2.05, 4.69) is 36.8 Å². The highest BCUT2D eigenvalue weighted by Crippen LogP contribution is 2.37. The van der Waals surface area contributed by atoms with Gasteiger partial charge in [0, 0.05) is 40.9 Å². The molecular formula is C29H24FN7O4S. The highest BCUT2D eigenvalue weighted by molar-refractivity contribution is 7.11. The first-order chi connectivity index (χ1) is 20.4. The minimum absolute atomic E-state index is 0.146. The normalized spacial score (nSPS) is 13.0. The molecule has 0 saturated carbocycles. The molecule has 1 amide bonds. The number of aromatic nitrogens is 5. The molecule has 42 heavy (non-hydrogen) atoms. The van der Waals surface area contributed by atoms with Crippen molar-refractivity contribution in [3.8, 4) is 33.7 Å². The van der Waals surface area contributed by atoms with Gasteiger partial charge < -0.3 is 24.4 Å². The average Bonchev–Trinajstić information content (AvgIpc) is 3.44. The third-order valence-electron chi connectivity index (χ3n) is 6.51. The van der Waals surface area contributed by atoms with Crippen LogP contribution in [0, 0.1) is 12.7 Å². The molecule has 0 bridgehead atoms. The number of nitrogens with one attached hydrogen (secondary N) is 1. The maximum Gasteiger partial charge on any atom is 0.279 e. The van der Waals surface area contributed by atoms with Crippen LogP contribution in [0.2, 0.25) is 0 Å². The summed E-state index contributed by atoms with van der Waals surface area (Å²) in [6.07, 6.45) is 5.83. The number of amides is 1. The highest BCUT2D eigenvalue weighted by Gasteiger charge is 2.31. The maximum atomic E-state index is 15.2. The van der Waals surface area contributed by atoms with Gasteiger partial charge in [-0.25, -0.2) is 29.3 Å². The van der Waals surface area contributed by atoms with Crippen molar-refractivity contribution in [2.45, 2.75) is 13.0 Å². The number of hydrogen-bond acceptors (Lipinski definition) is 11. The number of halogens is 1. The number of hydrogen-bond donors (Lipinski definition) is 1. The van der Waals surface area contributed by atoms with Crippen molar-refractivity contribution in [1.82, 2.24) is 29.8 Å². The summed E-state index contributed by atoms with van der Waals surface area (Å²) >= 11 is 1.28. The third-order valence-corrected chi connectivity index (χ3v) is 7.22. The second-order valence-electron chi connectivity index (χ2n) is 9.32. The topological polar surface area (TPSA) is 124 Å². The van der Waals surface area contributed by atoms with E-state index in [0.29, 0.717) is 58.0 Å². The molecule has 0 aliphatic carbocycles. The Morgan fingerprint density at radius 2 is 1.95 bits per heavy atom. The van der Waals surface area contributed by atoms with Crippen molar-refractivity contribution in [1.29, 1.82) is 0 Å². The Bertz CT molecular complexity index is 1790. The summed E-state index contributed by atoms with van der Waals surface area (Å²) in [4.78, 5) is 34.9. The maximum absolute atomic E-state index is 15.2. The predicted octanol–water partition coefficient (Wildman–Crippen LogP) is 5.31. The Morgan fingerprint density at radius 3 is 2.69 bits per heavy atom. The molecule has 0 atom stereocenters. The van der Waals surface area contributed by atoms with Gasteiger partial charge in [0.1, 0.15) is 35.6 Å². The number of rotatable bonds is 9. The summed E-state index contributed by atoms with van der Waals surface area (Å²) < 4.78 is 32.6. The Hall–Kier alpha value is -5.17. The minimum atomic E-state index is -0.547. The quantitative estimate of drug-likeness (QED) is 0.228. The number of methoxy groups -OCH3 is 1. The fraction of sp³-hybridized carbons (Fsp3) is 0.172. The van der Waals surface area contributed by atoms with Crippen LogP contribution in [0.5, 0.6) is 22.4 Å². The van der Waals surface area contributed by atoms with Gasteiger partial charge in [0.05, 0.1) is 37.1 Å². The summed E-state index contributed by atoms with van der Waals surface area (Å²) in [6, 6.07) is 7.92. The van der Waals surface area contributed by atoms with Crippen molar-refractivity contribution in [2.75, 3.05) is 25.5 Å². The zero-order valence-electron chi connectivity index (χ0n) is 22.6. The first kappa shape index (κ1) is 27.0. The van der Waals surface area contributed by atoms with Gasteiger partial charge in [-0.3, -0.25) is 4.79 Å². The van der Waals surface area contributed by atoms with E-state index in [1.54, 1.807) is 41.6 Å². The van der Waals surface area contributed by atoms with Crippen LogP contribution >= 0.6 is 11.3 Å². The van der Waals surface area contributed by atoms with Gasteiger partial charge in [0.2, 0.25) is 5.91 Å². The lowest BCUT2D eigenvalue weighted by Crippen LogP contribution is -2.55. The zero-order valence-corrected chi connectivity index (χ0v) is 23.4. The zero-order chi connectivity index (χ0) is 29.2. The van der Waals surface area contributed by atoms with E-state index in [1.165, 1.54) is 36.9 Å². The summed E-state index contributed by atoms with van der Waals surface area (Å²) in [7, 11) is 1.53. The fourth-order valence-corrected chi connectivity index (χ4v) is 4.96. The Labute approximate surface area is 243 Å².